The quantitative estimate of drug-likeness (QED) is 0.795. The van der Waals surface area contributed by atoms with Crippen molar-refractivity contribution in [1.29, 1.82) is 0 Å². The van der Waals surface area contributed by atoms with Crippen molar-refractivity contribution in [2.75, 3.05) is 11.9 Å². The highest BCUT2D eigenvalue weighted by Gasteiger charge is 2.24. The Labute approximate surface area is 132 Å². The van der Waals surface area contributed by atoms with Gasteiger partial charge in [0.15, 0.2) is 11.6 Å². The summed E-state index contributed by atoms with van der Waals surface area (Å²) in [5, 5.41) is 3.81. The minimum Gasteiger partial charge on any atom is -0.356 e. The van der Waals surface area contributed by atoms with E-state index < -0.39 is 11.6 Å². The zero-order valence-electron chi connectivity index (χ0n) is 11.9. The van der Waals surface area contributed by atoms with Gasteiger partial charge in [-0.05, 0) is 30.7 Å². The van der Waals surface area contributed by atoms with Gasteiger partial charge in [-0.2, -0.15) is 0 Å². The molecule has 0 aromatic heterocycles. The van der Waals surface area contributed by atoms with Crippen LogP contribution >= 0.6 is 15.9 Å². The van der Waals surface area contributed by atoms with Crippen LogP contribution in [-0.4, -0.2) is 17.8 Å². The lowest BCUT2D eigenvalue weighted by Crippen LogP contribution is -2.35. The van der Waals surface area contributed by atoms with Gasteiger partial charge in [0.25, 0.3) is 0 Å². The van der Waals surface area contributed by atoms with E-state index in [2.05, 4.69) is 21.2 Å². The van der Waals surface area contributed by atoms with Crippen molar-refractivity contribution < 1.29 is 13.6 Å². The average molecular weight is 360 g/mol. The van der Waals surface area contributed by atoms with Gasteiger partial charge in [-0.1, -0.05) is 40.9 Å². The van der Waals surface area contributed by atoms with Crippen LogP contribution in [0.5, 0.6) is 0 Å². The fourth-order valence-electron chi connectivity index (χ4n) is 2.92. The van der Waals surface area contributed by atoms with Crippen molar-refractivity contribution in [3.05, 3.63) is 35.4 Å². The standard InChI is InChI=1S/C16H20BrF2NO/c17-9-12-4-1-2-5-13(12)10-20-15(21)8-11-6-3-7-14(18)16(11)19/h3,6-7,12-13H,1-2,4-5,8-10H2,(H,20,21). The highest BCUT2D eigenvalue weighted by molar-refractivity contribution is 9.09. The molecule has 0 saturated heterocycles. The molecule has 2 rings (SSSR count). The number of alkyl halides is 1. The van der Waals surface area contributed by atoms with Gasteiger partial charge in [0, 0.05) is 17.4 Å². The predicted octanol–water partition coefficient (Wildman–Crippen LogP) is 3.82. The number of rotatable bonds is 5. The van der Waals surface area contributed by atoms with Gasteiger partial charge in [-0.15, -0.1) is 0 Å². The number of halogens is 3. The number of amides is 1. The SMILES string of the molecule is O=C(Cc1cccc(F)c1F)NCC1CCCCC1CBr. The van der Waals surface area contributed by atoms with E-state index in [4.69, 9.17) is 0 Å². The van der Waals surface area contributed by atoms with Gasteiger partial charge < -0.3 is 5.32 Å². The number of hydrogen-bond acceptors (Lipinski definition) is 1. The van der Waals surface area contributed by atoms with Gasteiger partial charge in [-0.3, -0.25) is 4.79 Å². The van der Waals surface area contributed by atoms with E-state index in [1.165, 1.54) is 31.4 Å². The minimum absolute atomic E-state index is 0.105. The Morgan fingerprint density at radius 3 is 2.67 bits per heavy atom. The smallest absolute Gasteiger partial charge is 0.224 e. The lowest BCUT2D eigenvalue weighted by atomic mass is 9.80. The van der Waals surface area contributed by atoms with Gasteiger partial charge in [0.1, 0.15) is 0 Å². The van der Waals surface area contributed by atoms with Gasteiger partial charge in [-0.25, -0.2) is 8.78 Å². The van der Waals surface area contributed by atoms with Crippen LogP contribution in [0.2, 0.25) is 0 Å². The van der Waals surface area contributed by atoms with E-state index in [1.807, 2.05) is 0 Å². The summed E-state index contributed by atoms with van der Waals surface area (Å²) >= 11 is 3.53. The summed E-state index contributed by atoms with van der Waals surface area (Å²) in [7, 11) is 0. The third kappa shape index (κ3) is 4.50. The molecule has 2 atom stereocenters. The second-order valence-corrected chi connectivity index (χ2v) is 6.30. The van der Waals surface area contributed by atoms with E-state index in [-0.39, 0.29) is 17.9 Å². The fourth-order valence-corrected chi connectivity index (χ4v) is 3.77. The molecule has 1 saturated carbocycles. The largest absolute Gasteiger partial charge is 0.356 e. The molecule has 0 spiro atoms. The molecule has 0 aliphatic heterocycles. The summed E-state index contributed by atoms with van der Waals surface area (Å²) in [4.78, 5) is 11.9. The lowest BCUT2D eigenvalue weighted by Gasteiger charge is -2.30. The molecule has 0 heterocycles. The third-order valence-corrected chi connectivity index (χ3v) is 5.04. The van der Waals surface area contributed by atoms with Crippen molar-refractivity contribution in [3.63, 3.8) is 0 Å². The topological polar surface area (TPSA) is 29.1 Å². The number of carbonyl (C=O) groups excluding carboxylic acids is 1. The predicted molar refractivity (Wildman–Crippen MR) is 82.3 cm³/mol. The highest BCUT2D eigenvalue weighted by atomic mass is 79.9. The summed E-state index contributed by atoms with van der Waals surface area (Å²) < 4.78 is 26.6. The molecule has 1 fully saturated rings. The Morgan fingerprint density at radius 1 is 1.24 bits per heavy atom. The van der Waals surface area contributed by atoms with Gasteiger partial charge in [0.2, 0.25) is 5.91 Å². The monoisotopic (exact) mass is 359 g/mol. The van der Waals surface area contributed by atoms with E-state index in [9.17, 15) is 13.6 Å². The molecule has 116 valence electrons. The van der Waals surface area contributed by atoms with Crippen LogP contribution in [0.4, 0.5) is 8.78 Å². The van der Waals surface area contributed by atoms with E-state index in [0.29, 0.717) is 18.4 Å². The Kier molecular flexibility index (Phi) is 6.15. The van der Waals surface area contributed by atoms with Crippen LogP contribution in [0.3, 0.4) is 0 Å². The summed E-state index contributed by atoms with van der Waals surface area (Å²) in [6, 6.07) is 3.92. The van der Waals surface area contributed by atoms with Crippen molar-refractivity contribution >= 4 is 21.8 Å². The van der Waals surface area contributed by atoms with Crippen LogP contribution in [-0.2, 0) is 11.2 Å². The molecule has 1 aliphatic carbocycles. The summed E-state index contributed by atoms with van der Waals surface area (Å²) in [5.74, 6) is -1.03. The Balaban J connectivity index is 1.85. The second kappa shape index (κ2) is 7.87. The fraction of sp³-hybridized carbons (Fsp3) is 0.562. The summed E-state index contributed by atoms with van der Waals surface area (Å²) in [6.07, 6.45) is 4.63. The Hall–Kier alpha value is -0.970. The summed E-state index contributed by atoms with van der Waals surface area (Å²) in [5.41, 5.74) is 0.105. The van der Waals surface area contributed by atoms with Crippen LogP contribution in [0.25, 0.3) is 0 Å². The van der Waals surface area contributed by atoms with E-state index in [0.717, 1.165) is 17.8 Å². The molecule has 1 N–H and O–H groups in total. The normalized spacial score (nSPS) is 22.0. The molecule has 1 aliphatic rings. The zero-order chi connectivity index (χ0) is 15.2. The Morgan fingerprint density at radius 2 is 1.95 bits per heavy atom. The number of benzene rings is 1. The molecule has 2 unspecified atom stereocenters. The maximum atomic E-state index is 13.5. The number of carbonyl (C=O) groups is 1. The zero-order valence-corrected chi connectivity index (χ0v) is 13.5. The van der Waals surface area contributed by atoms with Crippen molar-refractivity contribution in [2.24, 2.45) is 11.8 Å². The number of hydrogen-bond donors (Lipinski definition) is 1. The summed E-state index contributed by atoms with van der Waals surface area (Å²) in [6.45, 7) is 0.617. The lowest BCUT2D eigenvalue weighted by molar-refractivity contribution is -0.120. The molecular formula is C16H20BrF2NO. The van der Waals surface area contributed by atoms with Gasteiger partial charge in [0.05, 0.1) is 6.42 Å². The van der Waals surface area contributed by atoms with Crippen LogP contribution in [0.15, 0.2) is 18.2 Å². The van der Waals surface area contributed by atoms with Crippen molar-refractivity contribution in [3.8, 4) is 0 Å². The molecule has 1 amide bonds. The van der Waals surface area contributed by atoms with Gasteiger partial charge >= 0.3 is 0 Å². The molecule has 0 radical (unpaired) electrons. The molecule has 2 nitrogen and oxygen atoms in total. The molecule has 5 heteroatoms. The van der Waals surface area contributed by atoms with E-state index >= 15 is 0 Å². The first kappa shape index (κ1) is 16.4. The maximum Gasteiger partial charge on any atom is 0.224 e. The van der Waals surface area contributed by atoms with Crippen LogP contribution < -0.4 is 5.32 Å². The molecule has 0 bridgehead atoms. The highest BCUT2D eigenvalue weighted by Crippen LogP contribution is 2.30. The molecule has 1 aromatic carbocycles. The Bertz CT molecular complexity index is 495. The third-order valence-electron chi connectivity index (χ3n) is 4.21. The van der Waals surface area contributed by atoms with Crippen molar-refractivity contribution in [1.82, 2.24) is 5.32 Å². The minimum atomic E-state index is -0.927. The molecule has 1 aromatic rings. The first-order valence-electron chi connectivity index (χ1n) is 7.37. The van der Waals surface area contributed by atoms with Crippen molar-refractivity contribution in [2.45, 2.75) is 32.1 Å². The first-order valence-corrected chi connectivity index (χ1v) is 8.49. The van der Waals surface area contributed by atoms with Crippen LogP contribution in [0, 0.1) is 23.5 Å². The second-order valence-electron chi connectivity index (χ2n) is 5.65. The molecular weight excluding hydrogens is 340 g/mol. The van der Waals surface area contributed by atoms with E-state index in [1.54, 1.807) is 0 Å². The molecule has 21 heavy (non-hydrogen) atoms. The first-order chi connectivity index (χ1) is 10.1. The average Bonchev–Trinajstić information content (AvgIpc) is 2.50. The van der Waals surface area contributed by atoms with Crippen LogP contribution in [0.1, 0.15) is 31.2 Å². The maximum absolute atomic E-state index is 13.5. The number of nitrogens with one attached hydrogen (secondary N) is 1.